The molecule has 5 nitrogen and oxygen atoms in total. The van der Waals surface area contributed by atoms with Gasteiger partial charge in [0.1, 0.15) is 6.04 Å². The summed E-state index contributed by atoms with van der Waals surface area (Å²) in [6, 6.07) is 7.69. The Hall–Kier alpha value is -1.70. The van der Waals surface area contributed by atoms with Crippen LogP contribution in [0, 0.1) is 0 Å². The lowest BCUT2D eigenvalue weighted by molar-refractivity contribution is -0.137. The van der Waals surface area contributed by atoms with Gasteiger partial charge in [0.2, 0.25) is 5.91 Å². The van der Waals surface area contributed by atoms with Crippen LogP contribution in [0.15, 0.2) is 35.0 Å². The van der Waals surface area contributed by atoms with Crippen molar-refractivity contribution in [2.24, 2.45) is 0 Å². The first kappa shape index (κ1) is 17.7. The SMILES string of the molecule is O=C(C1CCCN1C(=O)c1cccs1)N1CCN(Cc2cccs2)CC1. The van der Waals surface area contributed by atoms with Crippen LogP contribution in [0.1, 0.15) is 27.4 Å². The Morgan fingerprint density at radius 3 is 2.46 bits per heavy atom. The van der Waals surface area contributed by atoms with E-state index in [-0.39, 0.29) is 17.9 Å². The van der Waals surface area contributed by atoms with Crippen LogP contribution in [0.4, 0.5) is 0 Å². The Morgan fingerprint density at radius 1 is 1.00 bits per heavy atom. The first-order valence-electron chi connectivity index (χ1n) is 9.10. The molecule has 0 aromatic carbocycles. The Morgan fingerprint density at radius 2 is 1.77 bits per heavy atom. The number of piperazine rings is 1. The van der Waals surface area contributed by atoms with Crippen LogP contribution < -0.4 is 0 Å². The molecule has 0 saturated carbocycles. The van der Waals surface area contributed by atoms with Crippen molar-refractivity contribution in [1.29, 1.82) is 0 Å². The fourth-order valence-electron chi connectivity index (χ4n) is 3.77. The zero-order valence-corrected chi connectivity index (χ0v) is 16.3. The first-order valence-corrected chi connectivity index (χ1v) is 10.9. The number of carbonyl (C=O) groups excluding carboxylic acids is 2. The Balaban J connectivity index is 1.34. The summed E-state index contributed by atoms with van der Waals surface area (Å²) in [5, 5.41) is 4.02. The third kappa shape index (κ3) is 3.70. The minimum Gasteiger partial charge on any atom is -0.338 e. The molecule has 4 heterocycles. The predicted molar refractivity (Wildman–Crippen MR) is 105 cm³/mol. The molecule has 1 unspecified atom stereocenters. The highest BCUT2D eigenvalue weighted by atomic mass is 32.1. The summed E-state index contributed by atoms with van der Waals surface area (Å²) in [6.07, 6.45) is 1.69. The molecule has 2 amide bonds. The van der Waals surface area contributed by atoms with E-state index in [1.165, 1.54) is 16.2 Å². The van der Waals surface area contributed by atoms with Gasteiger partial charge < -0.3 is 9.80 Å². The van der Waals surface area contributed by atoms with E-state index >= 15 is 0 Å². The van der Waals surface area contributed by atoms with Gasteiger partial charge in [0.05, 0.1) is 4.88 Å². The third-order valence-electron chi connectivity index (χ3n) is 5.17. The van der Waals surface area contributed by atoms with Gasteiger partial charge >= 0.3 is 0 Å². The van der Waals surface area contributed by atoms with Gasteiger partial charge in [-0.25, -0.2) is 0 Å². The van der Waals surface area contributed by atoms with Crippen molar-refractivity contribution in [3.05, 3.63) is 44.8 Å². The second kappa shape index (κ2) is 7.90. The summed E-state index contributed by atoms with van der Waals surface area (Å²) in [7, 11) is 0. The van der Waals surface area contributed by atoms with Gasteiger partial charge in [-0.2, -0.15) is 0 Å². The summed E-state index contributed by atoms with van der Waals surface area (Å²) in [6.45, 7) is 4.95. The van der Waals surface area contributed by atoms with E-state index in [0.717, 1.165) is 50.4 Å². The maximum absolute atomic E-state index is 13.0. The van der Waals surface area contributed by atoms with Crippen LogP contribution >= 0.6 is 22.7 Å². The molecule has 1 atom stereocenters. The molecule has 2 fully saturated rings. The van der Waals surface area contributed by atoms with E-state index in [2.05, 4.69) is 22.4 Å². The molecule has 4 rings (SSSR count). The lowest BCUT2D eigenvalue weighted by Gasteiger charge is -2.37. The van der Waals surface area contributed by atoms with Crippen molar-refractivity contribution in [1.82, 2.24) is 14.7 Å². The number of amides is 2. The molecule has 0 aliphatic carbocycles. The molecule has 0 spiro atoms. The fraction of sp³-hybridized carbons (Fsp3) is 0.474. The fourth-order valence-corrected chi connectivity index (χ4v) is 5.19. The average Bonchev–Trinajstić information content (AvgIpc) is 3.42. The van der Waals surface area contributed by atoms with Crippen molar-refractivity contribution in [3.63, 3.8) is 0 Å². The van der Waals surface area contributed by atoms with Gasteiger partial charge in [-0.1, -0.05) is 12.1 Å². The van der Waals surface area contributed by atoms with Crippen molar-refractivity contribution in [2.45, 2.75) is 25.4 Å². The lowest BCUT2D eigenvalue weighted by atomic mass is 10.1. The highest BCUT2D eigenvalue weighted by molar-refractivity contribution is 7.12. The summed E-state index contributed by atoms with van der Waals surface area (Å²) in [5.74, 6) is 0.135. The highest BCUT2D eigenvalue weighted by Crippen LogP contribution is 2.24. The minimum absolute atomic E-state index is 0.00665. The molecule has 0 bridgehead atoms. The molecule has 26 heavy (non-hydrogen) atoms. The molecule has 2 aromatic heterocycles. The van der Waals surface area contributed by atoms with Gasteiger partial charge in [0, 0.05) is 44.1 Å². The minimum atomic E-state index is -0.284. The number of nitrogens with zero attached hydrogens (tertiary/aromatic N) is 3. The summed E-state index contributed by atoms with van der Waals surface area (Å²) in [4.78, 5) is 34.0. The Kier molecular flexibility index (Phi) is 5.38. The maximum Gasteiger partial charge on any atom is 0.264 e. The van der Waals surface area contributed by atoms with E-state index < -0.39 is 0 Å². The van der Waals surface area contributed by atoms with Crippen LogP contribution in [0.25, 0.3) is 0 Å². The number of thiophene rings is 2. The van der Waals surface area contributed by atoms with Crippen LogP contribution in [-0.4, -0.2) is 65.3 Å². The van der Waals surface area contributed by atoms with Crippen LogP contribution in [0.3, 0.4) is 0 Å². The van der Waals surface area contributed by atoms with Crippen LogP contribution in [0.2, 0.25) is 0 Å². The van der Waals surface area contributed by atoms with E-state index in [4.69, 9.17) is 0 Å². The van der Waals surface area contributed by atoms with E-state index in [1.807, 2.05) is 22.4 Å². The van der Waals surface area contributed by atoms with Crippen LogP contribution in [0.5, 0.6) is 0 Å². The molecular formula is C19H23N3O2S2. The van der Waals surface area contributed by atoms with Crippen molar-refractivity contribution in [2.75, 3.05) is 32.7 Å². The van der Waals surface area contributed by atoms with Crippen molar-refractivity contribution >= 4 is 34.5 Å². The number of carbonyl (C=O) groups is 2. The maximum atomic E-state index is 13.0. The molecule has 2 aliphatic heterocycles. The highest BCUT2D eigenvalue weighted by Gasteiger charge is 2.37. The molecule has 138 valence electrons. The van der Waals surface area contributed by atoms with E-state index in [1.54, 1.807) is 16.2 Å². The van der Waals surface area contributed by atoms with E-state index in [9.17, 15) is 9.59 Å². The molecule has 0 radical (unpaired) electrons. The summed E-state index contributed by atoms with van der Waals surface area (Å²) < 4.78 is 0. The number of hydrogen-bond donors (Lipinski definition) is 0. The van der Waals surface area contributed by atoms with Gasteiger partial charge in [-0.15, -0.1) is 22.7 Å². The molecule has 0 N–H and O–H groups in total. The predicted octanol–water partition coefficient (Wildman–Crippen LogP) is 2.76. The number of rotatable bonds is 4. The zero-order valence-electron chi connectivity index (χ0n) is 14.7. The quantitative estimate of drug-likeness (QED) is 0.808. The Bertz CT molecular complexity index is 737. The number of hydrogen-bond acceptors (Lipinski definition) is 5. The van der Waals surface area contributed by atoms with Crippen LogP contribution in [-0.2, 0) is 11.3 Å². The molecule has 2 saturated heterocycles. The second-order valence-corrected chi connectivity index (χ2v) is 8.79. The second-order valence-electron chi connectivity index (χ2n) is 6.81. The largest absolute Gasteiger partial charge is 0.338 e. The number of likely N-dealkylation sites (tertiary alicyclic amines) is 1. The standard InChI is InChI=1S/C19H23N3O2S2/c23-18(16-5-1-7-22(16)19(24)17-6-3-13-26-17)21-10-8-20(9-11-21)14-15-4-2-12-25-15/h2-4,6,12-13,16H,1,5,7-11,14H2. The first-order chi connectivity index (χ1) is 12.7. The summed E-state index contributed by atoms with van der Waals surface area (Å²) in [5.41, 5.74) is 0. The topological polar surface area (TPSA) is 43.9 Å². The average molecular weight is 390 g/mol. The van der Waals surface area contributed by atoms with Gasteiger partial charge in [-0.3, -0.25) is 14.5 Å². The molecule has 2 aromatic rings. The lowest BCUT2D eigenvalue weighted by Crippen LogP contribution is -2.54. The Labute approximate surface area is 161 Å². The van der Waals surface area contributed by atoms with Gasteiger partial charge in [0.15, 0.2) is 0 Å². The molecule has 2 aliphatic rings. The van der Waals surface area contributed by atoms with Gasteiger partial charge in [0.25, 0.3) is 5.91 Å². The molecular weight excluding hydrogens is 366 g/mol. The third-order valence-corrected chi connectivity index (χ3v) is 6.89. The van der Waals surface area contributed by atoms with E-state index in [0.29, 0.717) is 6.54 Å². The smallest absolute Gasteiger partial charge is 0.264 e. The van der Waals surface area contributed by atoms with Crippen molar-refractivity contribution < 1.29 is 9.59 Å². The van der Waals surface area contributed by atoms with Crippen molar-refractivity contribution in [3.8, 4) is 0 Å². The summed E-state index contributed by atoms with van der Waals surface area (Å²) >= 11 is 3.23. The van der Waals surface area contributed by atoms with Gasteiger partial charge in [-0.05, 0) is 35.7 Å². The molecule has 7 heteroatoms. The monoisotopic (exact) mass is 389 g/mol. The zero-order chi connectivity index (χ0) is 17.9. The normalized spacial score (nSPS) is 21.3.